The third-order valence-corrected chi connectivity index (χ3v) is 3.99. The SMILES string of the molecule is CC(C)C(C)(CN)NCc1cc(-c2ccccc2)on1. The fourth-order valence-corrected chi connectivity index (χ4v) is 1.94. The number of hydrogen-bond donors (Lipinski definition) is 2. The summed E-state index contributed by atoms with van der Waals surface area (Å²) < 4.78 is 5.39. The van der Waals surface area contributed by atoms with E-state index in [2.05, 4.69) is 31.2 Å². The van der Waals surface area contributed by atoms with Gasteiger partial charge >= 0.3 is 0 Å². The molecule has 0 saturated heterocycles. The Bertz CT molecular complexity index is 536. The Morgan fingerprint density at radius 1 is 1.30 bits per heavy atom. The molecular formula is C16H23N3O. The van der Waals surface area contributed by atoms with E-state index < -0.39 is 0 Å². The molecule has 1 aromatic heterocycles. The van der Waals surface area contributed by atoms with Gasteiger partial charge in [-0.25, -0.2) is 0 Å². The smallest absolute Gasteiger partial charge is 0.167 e. The van der Waals surface area contributed by atoms with Gasteiger partial charge in [0.25, 0.3) is 0 Å². The minimum Gasteiger partial charge on any atom is -0.356 e. The van der Waals surface area contributed by atoms with Crippen LogP contribution in [0.3, 0.4) is 0 Å². The molecule has 2 rings (SSSR count). The van der Waals surface area contributed by atoms with E-state index in [-0.39, 0.29) is 5.54 Å². The topological polar surface area (TPSA) is 64.1 Å². The summed E-state index contributed by atoms with van der Waals surface area (Å²) in [6, 6.07) is 11.9. The maximum absolute atomic E-state index is 5.86. The van der Waals surface area contributed by atoms with E-state index in [1.165, 1.54) is 0 Å². The molecule has 0 bridgehead atoms. The summed E-state index contributed by atoms with van der Waals surface area (Å²) >= 11 is 0. The first-order valence-electron chi connectivity index (χ1n) is 7.01. The van der Waals surface area contributed by atoms with Crippen LogP contribution in [-0.4, -0.2) is 17.2 Å². The van der Waals surface area contributed by atoms with Gasteiger partial charge in [0, 0.05) is 30.3 Å². The molecule has 0 aliphatic heterocycles. The van der Waals surface area contributed by atoms with Crippen LogP contribution in [0.1, 0.15) is 26.5 Å². The largest absolute Gasteiger partial charge is 0.356 e. The third kappa shape index (κ3) is 3.26. The average Bonchev–Trinajstić information content (AvgIpc) is 2.94. The van der Waals surface area contributed by atoms with Crippen molar-refractivity contribution in [3.63, 3.8) is 0 Å². The molecule has 0 fully saturated rings. The van der Waals surface area contributed by atoms with Gasteiger partial charge in [0.1, 0.15) is 0 Å². The molecule has 0 spiro atoms. The number of hydrogen-bond acceptors (Lipinski definition) is 4. The van der Waals surface area contributed by atoms with Crippen LogP contribution < -0.4 is 11.1 Å². The van der Waals surface area contributed by atoms with Crippen LogP contribution >= 0.6 is 0 Å². The van der Waals surface area contributed by atoms with E-state index in [0.29, 0.717) is 19.0 Å². The lowest BCUT2D eigenvalue weighted by Crippen LogP contribution is -2.52. The summed E-state index contributed by atoms with van der Waals surface area (Å²) in [7, 11) is 0. The Morgan fingerprint density at radius 2 is 2.00 bits per heavy atom. The predicted octanol–water partition coefficient (Wildman–Crippen LogP) is 2.80. The second-order valence-corrected chi connectivity index (χ2v) is 5.68. The highest BCUT2D eigenvalue weighted by Crippen LogP contribution is 2.21. The summed E-state index contributed by atoms with van der Waals surface area (Å²) in [6.07, 6.45) is 0. The number of nitrogens with zero attached hydrogens (tertiary/aromatic N) is 1. The van der Waals surface area contributed by atoms with Gasteiger partial charge in [-0.05, 0) is 12.8 Å². The number of benzene rings is 1. The predicted molar refractivity (Wildman–Crippen MR) is 81.1 cm³/mol. The monoisotopic (exact) mass is 273 g/mol. The molecule has 0 amide bonds. The lowest BCUT2D eigenvalue weighted by molar-refractivity contribution is 0.264. The molecule has 0 aliphatic rings. The van der Waals surface area contributed by atoms with Crippen LogP contribution in [0.25, 0.3) is 11.3 Å². The normalized spacial score (nSPS) is 14.4. The highest BCUT2D eigenvalue weighted by molar-refractivity contribution is 5.56. The molecule has 3 N–H and O–H groups in total. The lowest BCUT2D eigenvalue weighted by Gasteiger charge is -2.33. The van der Waals surface area contributed by atoms with E-state index in [1.807, 2.05) is 36.4 Å². The Kier molecular flexibility index (Phi) is 4.57. The van der Waals surface area contributed by atoms with Crippen molar-refractivity contribution in [3.05, 3.63) is 42.1 Å². The molecule has 1 heterocycles. The Morgan fingerprint density at radius 3 is 2.60 bits per heavy atom. The second kappa shape index (κ2) is 6.20. The summed E-state index contributed by atoms with van der Waals surface area (Å²) in [6.45, 7) is 7.71. The first-order valence-corrected chi connectivity index (χ1v) is 7.01. The van der Waals surface area contributed by atoms with Crippen LogP contribution in [0.15, 0.2) is 40.9 Å². The van der Waals surface area contributed by atoms with Gasteiger partial charge < -0.3 is 15.6 Å². The Hall–Kier alpha value is -1.65. The quantitative estimate of drug-likeness (QED) is 0.849. The molecule has 0 saturated carbocycles. The molecule has 1 unspecified atom stereocenters. The minimum atomic E-state index is -0.0914. The maximum atomic E-state index is 5.86. The van der Waals surface area contributed by atoms with Crippen molar-refractivity contribution in [3.8, 4) is 11.3 Å². The molecule has 4 nitrogen and oxygen atoms in total. The van der Waals surface area contributed by atoms with Gasteiger partial charge in [-0.2, -0.15) is 0 Å². The number of nitrogens with two attached hydrogens (primary N) is 1. The highest BCUT2D eigenvalue weighted by atomic mass is 16.5. The molecule has 1 atom stereocenters. The zero-order valence-corrected chi connectivity index (χ0v) is 12.4. The van der Waals surface area contributed by atoms with Crippen molar-refractivity contribution in [2.24, 2.45) is 11.7 Å². The standard InChI is InChI=1S/C16H23N3O/c1-12(2)16(3,11-17)18-10-14-9-15(20-19-14)13-7-5-4-6-8-13/h4-9,12,18H,10-11,17H2,1-3H3. The van der Waals surface area contributed by atoms with E-state index in [0.717, 1.165) is 17.0 Å². The first kappa shape index (κ1) is 14.8. The second-order valence-electron chi connectivity index (χ2n) is 5.68. The molecular weight excluding hydrogens is 250 g/mol. The Labute approximate surface area is 120 Å². The summed E-state index contributed by atoms with van der Waals surface area (Å²) in [5.74, 6) is 1.24. The van der Waals surface area contributed by atoms with Gasteiger partial charge in [0.15, 0.2) is 5.76 Å². The molecule has 0 aliphatic carbocycles. The van der Waals surface area contributed by atoms with Crippen molar-refractivity contribution in [2.45, 2.75) is 32.9 Å². The summed E-state index contributed by atoms with van der Waals surface area (Å²) in [5.41, 5.74) is 7.70. The summed E-state index contributed by atoms with van der Waals surface area (Å²) in [4.78, 5) is 0. The molecule has 20 heavy (non-hydrogen) atoms. The van der Waals surface area contributed by atoms with Gasteiger partial charge in [0.05, 0.1) is 5.69 Å². The Balaban J connectivity index is 2.04. The zero-order valence-electron chi connectivity index (χ0n) is 12.4. The van der Waals surface area contributed by atoms with E-state index >= 15 is 0 Å². The lowest BCUT2D eigenvalue weighted by atomic mass is 9.88. The van der Waals surface area contributed by atoms with Crippen LogP contribution in [0.4, 0.5) is 0 Å². The minimum absolute atomic E-state index is 0.0914. The van der Waals surface area contributed by atoms with Crippen molar-refractivity contribution < 1.29 is 4.52 Å². The first-order chi connectivity index (χ1) is 9.55. The van der Waals surface area contributed by atoms with E-state index in [4.69, 9.17) is 10.3 Å². The fraction of sp³-hybridized carbons (Fsp3) is 0.438. The van der Waals surface area contributed by atoms with Crippen molar-refractivity contribution in [2.75, 3.05) is 6.54 Å². The van der Waals surface area contributed by atoms with Gasteiger partial charge in [0.2, 0.25) is 0 Å². The van der Waals surface area contributed by atoms with Gasteiger partial charge in [-0.1, -0.05) is 49.3 Å². The van der Waals surface area contributed by atoms with Crippen LogP contribution in [0.5, 0.6) is 0 Å². The van der Waals surface area contributed by atoms with E-state index in [1.54, 1.807) is 0 Å². The zero-order chi connectivity index (χ0) is 14.6. The fourth-order valence-electron chi connectivity index (χ4n) is 1.94. The molecule has 0 radical (unpaired) electrons. The number of aromatic nitrogens is 1. The van der Waals surface area contributed by atoms with Crippen LogP contribution in [-0.2, 0) is 6.54 Å². The van der Waals surface area contributed by atoms with Crippen LogP contribution in [0.2, 0.25) is 0 Å². The van der Waals surface area contributed by atoms with E-state index in [9.17, 15) is 0 Å². The molecule has 1 aromatic carbocycles. The summed E-state index contributed by atoms with van der Waals surface area (Å²) in [5, 5.41) is 7.59. The highest BCUT2D eigenvalue weighted by Gasteiger charge is 2.26. The molecule has 108 valence electrons. The molecule has 2 aromatic rings. The number of rotatable bonds is 6. The average molecular weight is 273 g/mol. The maximum Gasteiger partial charge on any atom is 0.167 e. The number of nitrogens with one attached hydrogen (secondary N) is 1. The van der Waals surface area contributed by atoms with Crippen molar-refractivity contribution >= 4 is 0 Å². The van der Waals surface area contributed by atoms with Crippen LogP contribution in [0, 0.1) is 5.92 Å². The van der Waals surface area contributed by atoms with Gasteiger partial charge in [-0.3, -0.25) is 0 Å². The molecule has 4 heteroatoms. The van der Waals surface area contributed by atoms with Gasteiger partial charge in [-0.15, -0.1) is 0 Å². The third-order valence-electron chi connectivity index (χ3n) is 3.99. The van der Waals surface area contributed by atoms with Crippen molar-refractivity contribution in [1.82, 2.24) is 10.5 Å². The van der Waals surface area contributed by atoms with Crippen molar-refractivity contribution in [1.29, 1.82) is 0 Å².